The Labute approximate surface area is 122 Å². The SMILES string of the molecule is N#CCCN(C1CC1)S(=O)(=O)c1ccc(N)c([N+](=O)[O-])c1. The molecule has 0 heterocycles. The van der Waals surface area contributed by atoms with E-state index in [1.807, 2.05) is 6.07 Å². The van der Waals surface area contributed by atoms with Gasteiger partial charge in [-0.3, -0.25) is 10.1 Å². The molecule has 1 aromatic carbocycles. The third-order valence-electron chi connectivity index (χ3n) is 3.20. The highest BCUT2D eigenvalue weighted by molar-refractivity contribution is 7.89. The summed E-state index contributed by atoms with van der Waals surface area (Å²) >= 11 is 0. The quantitative estimate of drug-likeness (QED) is 0.478. The molecular weight excluding hydrogens is 296 g/mol. The number of anilines is 1. The summed E-state index contributed by atoms with van der Waals surface area (Å²) in [5.74, 6) is 0. The van der Waals surface area contributed by atoms with Gasteiger partial charge in [0.25, 0.3) is 5.69 Å². The van der Waals surface area contributed by atoms with Crippen LogP contribution in [0.4, 0.5) is 11.4 Å². The van der Waals surface area contributed by atoms with Gasteiger partial charge in [0, 0.05) is 25.1 Å². The molecular formula is C12H14N4O4S. The number of nitrogens with two attached hydrogens (primary N) is 1. The molecule has 0 aliphatic heterocycles. The topological polar surface area (TPSA) is 130 Å². The van der Waals surface area contributed by atoms with Gasteiger partial charge in [-0.15, -0.1) is 0 Å². The molecule has 1 aromatic rings. The van der Waals surface area contributed by atoms with E-state index in [1.165, 1.54) is 16.4 Å². The lowest BCUT2D eigenvalue weighted by Gasteiger charge is -2.20. The second-order valence-corrected chi connectivity index (χ2v) is 6.62. The molecule has 0 amide bonds. The van der Waals surface area contributed by atoms with Crippen LogP contribution in [0.5, 0.6) is 0 Å². The van der Waals surface area contributed by atoms with Crippen LogP contribution in [0.15, 0.2) is 23.1 Å². The van der Waals surface area contributed by atoms with Crippen LogP contribution in [0.1, 0.15) is 19.3 Å². The van der Waals surface area contributed by atoms with Gasteiger partial charge < -0.3 is 5.73 Å². The first-order valence-electron chi connectivity index (χ1n) is 6.30. The van der Waals surface area contributed by atoms with Crippen LogP contribution in [0, 0.1) is 21.4 Å². The number of nitro benzene ring substituents is 1. The van der Waals surface area contributed by atoms with Crippen molar-refractivity contribution in [2.24, 2.45) is 0 Å². The van der Waals surface area contributed by atoms with Crippen molar-refractivity contribution < 1.29 is 13.3 Å². The zero-order chi connectivity index (χ0) is 15.6. The lowest BCUT2D eigenvalue weighted by molar-refractivity contribution is -0.384. The Hall–Kier alpha value is -2.18. The number of hydrogen-bond donors (Lipinski definition) is 1. The smallest absolute Gasteiger partial charge is 0.293 e. The third-order valence-corrected chi connectivity index (χ3v) is 5.15. The first kappa shape index (κ1) is 15.2. The first-order chi connectivity index (χ1) is 9.87. The number of benzene rings is 1. The lowest BCUT2D eigenvalue weighted by Crippen LogP contribution is -2.34. The lowest BCUT2D eigenvalue weighted by atomic mass is 10.3. The summed E-state index contributed by atoms with van der Waals surface area (Å²) < 4.78 is 26.4. The summed E-state index contributed by atoms with van der Waals surface area (Å²) in [6.07, 6.45) is 1.55. The summed E-state index contributed by atoms with van der Waals surface area (Å²) in [4.78, 5) is 9.97. The van der Waals surface area contributed by atoms with Crippen LogP contribution >= 0.6 is 0 Å². The van der Waals surface area contributed by atoms with Gasteiger partial charge in [-0.25, -0.2) is 8.42 Å². The Morgan fingerprint density at radius 3 is 2.67 bits per heavy atom. The molecule has 1 aliphatic rings. The minimum Gasteiger partial charge on any atom is -0.393 e. The third kappa shape index (κ3) is 3.12. The largest absolute Gasteiger partial charge is 0.393 e. The maximum absolute atomic E-state index is 12.6. The summed E-state index contributed by atoms with van der Waals surface area (Å²) in [7, 11) is -3.86. The molecule has 0 aromatic heterocycles. The zero-order valence-corrected chi connectivity index (χ0v) is 11.9. The predicted molar refractivity (Wildman–Crippen MR) is 74.7 cm³/mol. The van der Waals surface area contributed by atoms with Crippen LogP contribution in [0.3, 0.4) is 0 Å². The van der Waals surface area contributed by atoms with E-state index in [2.05, 4.69) is 0 Å². The summed E-state index contributed by atoms with van der Waals surface area (Å²) in [5, 5.41) is 19.5. The fourth-order valence-corrected chi connectivity index (χ4v) is 3.71. The molecule has 21 heavy (non-hydrogen) atoms. The average Bonchev–Trinajstić information content (AvgIpc) is 3.23. The molecule has 0 atom stereocenters. The van der Waals surface area contributed by atoms with Crippen molar-refractivity contribution in [3.63, 3.8) is 0 Å². The Bertz CT molecular complexity index is 706. The Morgan fingerprint density at radius 1 is 1.48 bits per heavy atom. The number of nitriles is 1. The second kappa shape index (κ2) is 5.67. The fraction of sp³-hybridized carbons (Fsp3) is 0.417. The monoisotopic (exact) mass is 310 g/mol. The van der Waals surface area contributed by atoms with Crippen molar-refractivity contribution in [1.29, 1.82) is 5.26 Å². The molecule has 1 aliphatic carbocycles. The molecule has 0 unspecified atom stereocenters. The van der Waals surface area contributed by atoms with E-state index in [4.69, 9.17) is 11.0 Å². The van der Waals surface area contributed by atoms with E-state index in [0.717, 1.165) is 18.9 Å². The van der Waals surface area contributed by atoms with E-state index in [0.29, 0.717) is 0 Å². The van der Waals surface area contributed by atoms with Gasteiger partial charge >= 0.3 is 0 Å². The normalized spacial score (nSPS) is 14.9. The number of nitrogens with zero attached hydrogens (tertiary/aromatic N) is 3. The number of sulfonamides is 1. The van der Waals surface area contributed by atoms with Crippen LogP contribution in [0.25, 0.3) is 0 Å². The van der Waals surface area contributed by atoms with Gasteiger partial charge in [-0.2, -0.15) is 9.57 Å². The minimum absolute atomic E-state index is 0.0762. The molecule has 9 heteroatoms. The summed E-state index contributed by atoms with van der Waals surface area (Å²) in [6.45, 7) is 0.0850. The highest BCUT2D eigenvalue weighted by atomic mass is 32.2. The average molecular weight is 310 g/mol. The molecule has 2 rings (SSSR count). The van der Waals surface area contributed by atoms with Gasteiger partial charge in [0.05, 0.1) is 15.9 Å². The zero-order valence-electron chi connectivity index (χ0n) is 11.1. The van der Waals surface area contributed by atoms with Gasteiger partial charge in [0.1, 0.15) is 5.69 Å². The predicted octanol–water partition coefficient (Wildman–Crippen LogP) is 1.24. The van der Waals surface area contributed by atoms with Gasteiger partial charge in [-0.1, -0.05) is 0 Å². The van der Waals surface area contributed by atoms with Crippen molar-refractivity contribution in [2.75, 3.05) is 12.3 Å². The number of rotatable bonds is 6. The first-order valence-corrected chi connectivity index (χ1v) is 7.74. The van der Waals surface area contributed by atoms with Crippen molar-refractivity contribution >= 4 is 21.4 Å². The molecule has 0 spiro atoms. The Kier molecular flexibility index (Phi) is 4.11. The number of nitrogen functional groups attached to an aromatic ring is 1. The van der Waals surface area contributed by atoms with E-state index in [1.54, 1.807) is 0 Å². The standard InChI is InChI=1S/C12H14N4O4S/c13-6-1-7-15(9-2-3-9)21(19,20)10-4-5-11(14)12(8-10)16(17)18/h4-5,8-9H,1-3,7,14H2. The maximum Gasteiger partial charge on any atom is 0.293 e. The second-order valence-electron chi connectivity index (χ2n) is 4.73. The maximum atomic E-state index is 12.6. The highest BCUT2D eigenvalue weighted by Gasteiger charge is 2.38. The number of hydrogen-bond acceptors (Lipinski definition) is 6. The van der Waals surface area contributed by atoms with E-state index < -0.39 is 20.6 Å². The van der Waals surface area contributed by atoms with Crippen molar-refractivity contribution in [1.82, 2.24) is 4.31 Å². The molecule has 1 saturated carbocycles. The van der Waals surface area contributed by atoms with Gasteiger partial charge in [0.2, 0.25) is 10.0 Å². The van der Waals surface area contributed by atoms with Crippen molar-refractivity contribution in [3.05, 3.63) is 28.3 Å². The van der Waals surface area contributed by atoms with Crippen LogP contribution in [-0.2, 0) is 10.0 Å². The molecule has 112 valence electrons. The molecule has 0 bridgehead atoms. The molecule has 8 nitrogen and oxygen atoms in total. The van der Waals surface area contributed by atoms with Crippen LogP contribution in [0.2, 0.25) is 0 Å². The van der Waals surface area contributed by atoms with Gasteiger partial charge in [-0.05, 0) is 25.0 Å². The van der Waals surface area contributed by atoms with Crippen molar-refractivity contribution in [3.8, 4) is 6.07 Å². The Morgan fingerprint density at radius 2 is 2.14 bits per heavy atom. The molecule has 0 saturated heterocycles. The molecule has 1 fully saturated rings. The van der Waals surface area contributed by atoms with Crippen molar-refractivity contribution in [2.45, 2.75) is 30.2 Å². The Balaban J connectivity index is 2.40. The highest BCUT2D eigenvalue weighted by Crippen LogP contribution is 2.34. The summed E-state index contributed by atoms with van der Waals surface area (Å²) in [6, 6.07) is 5.21. The van der Waals surface area contributed by atoms with E-state index in [-0.39, 0.29) is 29.6 Å². The van der Waals surface area contributed by atoms with E-state index >= 15 is 0 Å². The van der Waals surface area contributed by atoms with Gasteiger partial charge in [0.15, 0.2) is 0 Å². The minimum atomic E-state index is -3.86. The molecule has 2 N–H and O–H groups in total. The van der Waals surface area contributed by atoms with Crippen LogP contribution in [-0.4, -0.2) is 30.2 Å². The fourth-order valence-electron chi connectivity index (χ4n) is 2.00. The number of nitro groups is 1. The summed E-state index contributed by atoms with van der Waals surface area (Å²) in [5.41, 5.74) is 4.94. The van der Waals surface area contributed by atoms with Crippen LogP contribution < -0.4 is 5.73 Å². The molecule has 0 radical (unpaired) electrons. The van der Waals surface area contributed by atoms with E-state index in [9.17, 15) is 18.5 Å².